The van der Waals surface area contributed by atoms with Crippen LogP contribution in [0, 0.1) is 0 Å². The molecule has 13 heteroatoms. The van der Waals surface area contributed by atoms with Crippen LogP contribution in [0.5, 0.6) is 0 Å². The van der Waals surface area contributed by atoms with E-state index in [0.29, 0.717) is 31.0 Å². The second kappa shape index (κ2) is 10.3. The number of fused-ring (bicyclic) bond motifs is 1. The number of H-pyrrole nitrogens is 1. The van der Waals surface area contributed by atoms with Gasteiger partial charge in [0, 0.05) is 36.8 Å². The molecule has 13 nitrogen and oxygen atoms in total. The lowest BCUT2D eigenvalue weighted by atomic mass is 10.1. The first-order valence-corrected chi connectivity index (χ1v) is 10.2. The number of benzene rings is 1. The molecule has 1 aliphatic heterocycles. The molecular weight excluding hydrogens is 434 g/mol. The van der Waals surface area contributed by atoms with Gasteiger partial charge in [0.25, 0.3) is 11.5 Å². The number of carbonyl (C=O) groups is 3. The summed E-state index contributed by atoms with van der Waals surface area (Å²) in [6.45, 7) is 1.15. The van der Waals surface area contributed by atoms with Gasteiger partial charge in [-0.15, -0.1) is 0 Å². The van der Waals surface area contributed by atoms with Crippen molar-refractivity contribution in [2.45, 2.75) is 31.3 Å². The summed E-state index contributed by atoms with van der Waals surface area (Å²) >= 11 is 0. The van der Waals surface area contributed by atoms with Gasteiger partial charge in [-0.2, -0.15) is 4.98 Å². The summed E-state index contributed by atoms with van der Waals surface area (Å²) in [6.07, 6.45) is 0.109. The summed E-state index contributed by atoms with van der Waals surface area (Å²) in [6, 6.07) is 5.15. The summed E-state index contributed by atoms with van der Waals surface area (Å²) in [7, 11) is 0. The number of aromatic nitrogens is 2. The van der Waals surface area contributed by atoms with Gasteiger partial charge in [-0.05, 0) is 37.1 Å². The highest BCUT2D eigenvalue weighted by atomic mass is 16.4. The Morgan fingerprint density at radius 1 is 1.21 bits per heavy atom. The molecule has 3 rings (SSSR count). The van der Waals surface area contributed by atoms with E-state index in [1.54, 1.807) is 24.3 Å². The van der Waals surface area contributed by atoms with Crippen molar-refractivity contribution in [2.24, 2.45) is 0 Å². The molecule has 0 aliphatic carbocycles. The minimum atomic E-state index is -1.29. The number of aromatic amines is 1. The molecular formula is C20H25N7O6. The van der Waals surface area contributed by atoms with Crippen LogP contribution < -0.4 is 32.6 Å². The molecule has 9 N–H and O–H groups in total. The van der Waals surface area contributed by atoms with Gasteiger partial charge < -0.3 is 37.2 Å². The third kappa shape index (κ3) is 6.35. The van der Waals surface area contributed by atoms with E-state index in [4.69, 9.17) is 15.9 Å². The Kier molecular flexibility index (Phi) is 7.33. The van der Waals surface area contributed by atoms with Crippen molar-refractivity contribution in [2.75, 3.05) is 34.8 Å². The molecule has 0 saturated carbocycles. The van der Waals surface area contributed by atoms with Crippen LogP contribution in [0.3, 0.4) is 0 Å². The summed E-state index contributed by atoms with van der Waals surface area (Å²) in [5.41, 5.74) is 6.54. The van der Waals surface area contributed by atoms with Crippen LogP contribution >= 0.6 is 0 Å². The van der Waals surface area contributed by atoms with E-state index >= 15 is 0 Å². The smallest absolute Gasteiger partial charge is 0.326 e. The molecule has 176 valence electrons. The fourth-order valence-corrected chi connectivity index (χ4v) is 3.30. The Bertz CT molecular complexity index is 1090. The third-order valence-electron chi connectivity index (χ3n) is 5.02. The maximum absolute atomic E-state index is 12.3. The minimum absolute atomic E-state index is 0.0136. The Morgan fingerprint density at radius 2 is 1.94 bits per heavy atom. The molecule has 0 spiro atoms. The number of hydrogen-bond donors (Lipinski definition) is 8. The van der Waals surface area contributed by atoms with Crippen LogP contribution in [0.25, 0.3) is 0 Å². The fourth-order valence-electron chi connectivity index (χ4n) is 3.30. The van der Waals surface area contributed by atoms with E-state index in [-0.39, 0.29) is 36.0 Å². The van der Waals surface area contributed by atoms with Crippen molar-refractivity contribution in [1.82, 2.24) is 15.3 Å². The van der Waals surface area contributed by atoms with E-state index in [0.717, 1.165) is 5.69 Å². The predicted molar refractivity (Wildman–Crippen MR) is 120 cm³/mol. The lowest BCUT2D eigenvalue weighted by Gasteiger charge is -2.27. The summed E-state index contributed by atoms with van der Waals surface area (Å²) in [5, 5.41) is 29.6. The Labute approximate surface area is 187 Å². The molecule has 2 heterocycles. The van der Waals surface area contributed by atoms with Crippen molar-refractivity contribution >= 4 is 41.0 Å². The van der Waals surface area contributed by atoms with E-state index in [1.165, 1.54) is 0 Å². The number of rotatable bonds is 10. The molecule has 1 aromatic heterocycles. The standard InChI is InChI=1S/C20H25N7O6/c21-20-26-16-15(18(31)27-20)24-12(9-23-16)7-8-22-11-3-1-10(2-4-11)17(30)25-13(19(32)33)5-6-14(28)29/h1-4,12-13,22,24H,5-9H2,(H,25,30)(H,28,29)(H,32,33)(H4,21,23,26,27,31)/t12?,13-/m0/s1. The first kappa shape index (κ1) is 23.4. The van der Waals surface area contributed by atoms with E-state index in [1.807, 2.05) is 0 Å². The van der Waals surface area contributed by atoms with Crippen molar-refractivity contribution in [3.63, 3.8) is 0 Å². The number of nitrogens with zero attached hydrogens (tertiary/aromatic N) is 1. The number of nitrogens with one attached hydrogen (secondary N) is 5. The zero-order valence-corrected chi connectivity index (χ0v) is 17.6. The van der Waals surface area contributed by atoms with Crippen LogP contribution in [0.15, 0.2) is 29.1 Å². The monoisotopic (exact) mass is 459 g/mol. The number of amides is 1. The highest BCUT2D eigenvalue weighted by Crippen LogP contribution is 2.21. The second-order valence-electron chi connectivity index (χ2n) is 7.49. The molecule has 1 aliphatic rings. The molecule has 0 bridgehead atoms. The van der Waals surface area contributed by atoms with Crippen LogP contribution in [0.4, 0.5) is 23.1 Å². The number of aliphatic carboxylic acids is 2. The number of nitrogens with two attached hydrogens (primary N) is 1. The Balaban J connectivity index is 1.48. The van der Waals surface area contributed by atoms with Gasteiger partial charge in [-0.1, -0.05) is 0 Å². The zero-order chi connectivity index (χ0) is 24.0. The van der Waals surface area contributed by atoms with Crippen molar-refractivity contribution in [3.05, 3.63) is 40.2 Å². The normalized spacial score (nSPS) is 15.3. The quantitative estimate of drug-likeness (QED) is 0.239. The topological polar surface area (TPSA) is 212 Å². The second-order valence-corrected chi connectivity index (χ2v) is 7.49. The van der Waals surface area contributed by atoms with E-state index in [9.17, 15) is 19.2 Å². The SMILES string of the molecule is Nc1nc2c(c(=O)[nH]1)NC(CCNc1ccc(C(=O)N[C@@H](CCC(=O)O)C(=O)O)cc1)CN2. The number of anilines is 4. The maximum Gasteiger partial charge on any atom is 0.326 e. The average molecular weight is 459 g/mol. The number of carboxylic acid groups (broad SMARTS) is 2. The van der Waals surface area contributed by atoms with Gasteiger partial charge in [0.05, 0.1) is 0 Å². The van der Waals surface area contributed by atoms with Gasteiger partial charge in [0.1, 0.15) is 11.7 Å². The van der Waals surface area contributed by atoms with Crippen LogP contribution in [0.2, 0.25) is 0 Å². The van der Waals surface area contributed by atoms with Gasteiger partial charge in [0.15, 0.2) is 5.82 Å². The molecule has 33 heavy (non-hydrogen) atoms. The molecule has 0 saturated heterocycles. The van der Waals surface area contributed by atoms with E-state index < -0.39 is 23.9 Å². The first-order valence-electron chi connectivity index (χ1n) is 10.2. The highest BCUT2D eigenvalue weighted by Gasteiger charge is 2.22. The lowest BCUT2D eigenvalue weighted by Crippen LogP contribution is -2.41. The molecule has 1 unspecified atom stereocenters. The van der Waals surface area contributed by atoms with Crippen molar-refractivity contribution < 1.29 is 24.6 Å². The first-order chi connectivity index (χ1) is 15.7. The largest absolute Gasteiger partial charge is 0.481 e. The maximum atomic E-state index is 12.3. The molecule has 2 atom stereocenters. The van der Waals surface area contributed by atoms with Crippen LogP contribution in [-0.4, -0.2) is 63.2 Å². The number of carboxylic acids is 2. The third-order valence-corrected chi connectivity index (χ3v) is 5.02. The summed E-state index contributed by atoms with van der Waals surface area (Å²) in [5.74, 6) is -2.57. The minimum Gasteiger partial charge on any atom is -0.481 e. The number of nitrogen functional groups attached to an aromatic ring is 1. The average Bonchev–Trinajstić information content (AvgIpc) is 2.77. The van der Waals surface area contributed by atoms with Gasteiger partial charge >= 0.3 is 11.9 Å². The van der Waals surface area contributed by atoms with Crippen LogP contribution in [-0.2, 0) is 9.59 Å². The number of hydrogen-bond acceptors (Lipinski definition) is 9. The Hall–Kier alpha value is -4.29. The molecule has 2 aromatic rings. The highest BCUT2D eigenvalue weighted by molar-refractivity contribution is 5.96. The fraction of sp³-hybridized carbons (Fsp3) is 0.350. The lowest BCUT2D eigenvalue weighted by molar-refractivity contribution is -0.140. The molecule has 1 amide bonds. The van der Waals surface area contributed by atoms with Gasteiger partial charge in [-0.3, -0.25) is 19.4 Å². The molecule has 0 fully saturated rings. The van der Waals surface area contributed by atoms with E-state index in [2.05, 4.69) is 31.2 Å². The molecule has 1 aromatic carbocycles. The van der Waals surface area contributed by atoms with Crippen molar-refractivity contribution in [3.8, 4) is 0 Å². The molecule has 0 radical (unpaired) electrons. The zero-order valence-electron chi connectivity index (χ0n) is 17.6. The predicted octanol–water partition coefficient (Wildman–Crippen LogP) is 0.108. The van der Waals surface area contributed by atoms with Gasteiger partial charge in [-0.25, -0.2) is 4.79 Å². The number of carbonyl (C=O) groups excluding carboxylic acids is 1. The van der Waals surface area contributed by atoms with Gasteiger partial charge in [0.2, 0.25) is 5.95 Å². The van der Waals surface area contributed by atoms with Crippen molar-refractivity contribution in [1.29, 1.82) is 0 Å². The summed E-state index contributed by atoms with van der Waals surface area (Å²) in [4.78, 5) is 52.7. The van der Waals surface area contributed by atoms with Crippen LogP contribution in [0.1, 0.15) is 29.6 Å². The summed E-state index contributed by atoms with van der Waals surface area (Å²) < 4.78 is 0. The Morgan fingerprint density at radius 3 is 2.61 bits per heavy atom.